The molecule has 1 aromatic carbocycles. The van der Waals surface area contributed by atoms with Crippen molar-refractivity contribution in [2.45, 2.75) is 36.3 Å². The van der Waals surface area contributed by atoms with Gasteiger partial charge in [-0.1, -0.05) is 11.8 Å². The number of carbonyl (C=O) groups excluding carboxylic acids is 1. The van der Waals surface area contributed by atoms with Gasteiger partial charge < -0.3 is 10.1 Å². The van der Waals surface area contributed by atoms with Crippen molar-refractivity contribution in [2.75, 3.05) is 16.8 Å². The summed E-state index contributed by atoms with van der Waals surface area (Å²) in [5, 5.41) is 3.07. The third-order valence-electron chi connectivity index (χ3n) is 3.77. The lowest BCUT2D eigenvalue weighted by atomic mass is 10.3. The van der Waals surface area contributed by atoms with E-state index in [1.165, 1.54) is 23.9 Å². The van der Waals surface area contributed by atoms with E-state index in [1.54, 1.807) is 4.57 Å². The van der Waals surface area contributed by atoms with E-state index in [1.807, 2.05) is 6.92 Å². The van der Waals surface area contributed by atoms with Crippen LogP contribution < -0.4 is 15.6 Å². The number of nitrogens with zero attached hydrogens (tertiary/aromatic N) is 2. The second-order valence-electron chi connectivity index (χ2n) is 5.73. The Bertz CT molecular complexity index is 930. The number of thioether (sulfide) groups is 2. The third kappa shape index (κ3) is 5.02. The maximum atomic E-state index is 12.5. The summed E-state index contributed by atoms with van der Waals surface area (Å²) >= 11 is 2.65. The van der Waals surface area contributed by atoms with Gasteiger partial charge >= 0.3 is 6.36 Å². The lowest BCUT2D eigenvalue weighted by Gasteiger charge is -2.12. The first-order chi connectivity index (χ1) is 13.3. The molecule has 1 aromatic heterocycles. The summed E-state index contributed by atoms with van der Waals surface area (Å²) in [6.45, 7) is 2.29. The van der Waals surface area contributed by atoms with Crippen LogP contribution in [-0.2, 0) is 17.8 Å². The van der Waals surface area contributed by atoms with Crippen molar-refractivity contribution in [3.63, 3.8) is 0 Å². The number of carbonyl (C=O) groups is 1. The minimum absolute atomic E-state index is 0.0131. The van der Waals surface area contributed by atoms with Gasteiger partial charge in [0.05, 0.1) is 16.3 Å². The van der Waals surface area contributed by atoms with E-state index in [9.17, 15) is 22.8 Å². The molecule has 0 unspecified atom stereocenters. The number of aromatic nitrogens is 2. The van der Waals surface area contributed by atoms with Gasteiger partial charge in [-0.05, 0) is 31.2 Å². The molecule has 2 aromatic rings. The molecule has 0 spiro atoms. The van der Waals surface area contributed by atoms with Crippen molar-refractivity contribution in [1.82, 2.24) is 9.55 Å². The van der Waals surface area contributed by atoms with E-state index < -0.39 is 6.36 Å². The fourth-order valence-corrected chi connectivity index (χ4v) is 4.50. The molecule has 1 amide bonds. The van der Waals surface area contributed by atoms with Gasteiger partial charge in [0.25, 0.3) is 5.56 Å². The summed E-state index contributed by atoms with van der Waals surface area (Å²) in [6.07, 6.45) is -4.04. The minimum Gasteiger partial charge on any atom is -0.406 e. The Labute approximate surface area is 166 Å². The molecule has 11 heteroatoms. The number of aryl methyl sites for hydroxylation is 1. The number of hydrogen-bond acceptors (Lipinski definition) is 6. The average molecular weight is 431 g/mol. The highest BCUT2D eigenvalue weighted by Crippen LogP contribution is 2.29. The molecule has 0 bridgehead atoms. The molecule has 28 heavy (non-hydrogen) atoms. The number of halogens is 3. The Balaban J connectivity index is 1.62. The molecule has 0 fully saturated rings. The molecule has 0 radical (unpaired) electrons. The Morgan fingerprint density at radius 2 is 2.07 bits per heavy atom. The predicted octanol–water partition coefficient (Wildman–Crippen LogP) is 3.54. The summed E-state index contributed by atoms with van der Waals surface area (Å²) < 4.78 is 41.8. The second kappa shape index (κ2) is 8.48. The molecule has 150 valence electrons. The molecule has 0 saturated heterocycles. The molecular formula is C17H16F3N3O3S2. The van der Waals surface area contributed by atoms with Crippen molar-refractivity contribution in [3.05, 3.63) is 40.3 Å². The fourth-order valence-electron chi connectivity index (χ4n) is 2.58. The van der Waals surface area contributed by atoms with Crippen LogP contribution in [0.15, 0.2) is 39.1 Å². The Hall–Kier alpha value is -2.14. The average Bonchev–Trinajstić information content (AvgIpc) is 3.09. The van der Waals surface area contributed by atoms with Crippen LogP contribution in [0.2, 0.25) is 0 Å². The number of hydrogen-bond donors (Lipinski definition) is 1. The predicted molar refractivity (Wildman–Crippen MR) is 101 cm³/mol. The molecule has 3 rings (SSSR count). The Morgan fingerprint density at radius 1 is 1.36 bits per heavy atom. The summed E-state index contributed by atoms with van der Waals surface area (Å²) in [7, 11) is 0. The van der Waals surface area contributed by atoms with E-state index in [-0.39, 0.29) is 23.0 Å². The SMILES string of the molecule is CCn1c(SCC(=O)Nc2ccc(OC(F)(F)F)cc2)nc2c(c1=O)SCC2. The van der Waals surface area contributed by atoms with Gasteiger partial charge in [0, 0.05) is 24.4 Å². The van der Waals surface area contributed by atoms with Crippen LogP contribution in [0.3, 0.4) is 0 Å². The van der Waals surface area contributed by atoms with Crippen LogP contribution in [0, 0.1) is 0 Å². The van der Waals surface area contributed by atoms with Gasteiger partial charge in [-0.2, -0.15) is 0 Å². The smallest absolute Gasteiger partial charge is 0.406 e. The highest BCUT2D eigenvalue weighted by Gasteiger charge is 2.31. The first-order valence-electron chi connectivity index (χ1n) is 8.32. The second-order valence-corrected chi connectivity index (χ2v) is 7.77. The normalized spacial score (nSPS) is 13.3. The number of amides is 1. The topological polar surface area (TPSA) is 73.2 Å². The van der Waals surface area contributed by atoms with Crippen LogP contribution in [0.4, 0.5) is 18.9 Å². The van der Waals surface area contributed by atoms with Crippen molar-refractivity contribution >= 4 is 35.1 Å². The standard InChI is InChI=1S/C17H16F3N3O3S2/c1-2-23-15(25)14-12(7-8-27-14)22-16(23)28-9-13(24)21-10-3-5-11(6-4-10)26-17(18,19)20/h3-6H,2,7-9H2,1H3,(H,21,24). The minimum atomic E-state index is -4.77. The van der Waals surface area contributed by atoms with E-state index in [0.29, 0.717) is 22.3 Å². The zero-order chi connectivity index (χ0) is 20.3. The number of nitrogens with one attached hydrogen (secondary N) is 1. The lowest BCUT2D eigenvalue weighted by molar-refractivity contribution is -0.274. The number of fused-ring (bicyclic) bond motifs is 1. The first kappa shape index (κ1) is 20.6. The van der Waals surface area contributed by atoms with Gasteiger partial charge in [-0.3, -0.25) is 14.2 Å². The summed E-state index contributed by atoms with van der Waals surface area (Å²) in [5.74, 6) is 0.108. The maximum absolute atomic E-state index is 12.5. The van der Waals surface area contributed by atoms with Crippen molar-refractivity contribution in [2.24, 2.45) is 0 Å². The van der Waals surface area contributed by atoms with Gasteiger partial charge in [0.2, 0.25) is 5.91 Å². The molecule has 1 N–H and O–H groups in total. The quantitative estimate of drug-likeness (QED) is 0.557. The molecule has 6 nitrogen and oxygen atoms in total. The lowest BCUT2D eigenvalue weighted by Crippen LogP contribution is -2.25. The van der Waals surface area contributed by atoms with Crippen molar-refractivity contribution in [3.8, 4) is 5.75 Å². The van der Waals surface area contributed by atoms with E-state index in [4.69, 9.17) is 0 Å². The Morgan fingerprint density at radius 3 is 2.71 bits per heavy atom. The zero-order valence-corrected chi connectivity index (χ0v) is 16.3. The van der Waals surface area contributed by atoms with Gasteiger partial charge in [-0.25, -0.2) is 4.98 Å². The Kier molecular flexibility index (Phi) is 6.23. The van der Waals surface area contributed by atoms with Gasteiger partial charge in [0.15, 0.2) is 5.16 Å². The van der Waals surface area contributed by atoms with Crippen LogP contribution in [-0.4, -0.2) is 33.3 Å². The van der Waals surface area contributed by atoms with Crippen LogP contribution in [0.1, 0.15) is 12.6 Å². The number of anilines is 1. The van der Waals surface area contributed by atoms with Gasteiger partial charge in [-0.15, -0.1) is 24.9 Å². The fraction of sp³-hybridized carbons (Fsp3) is 0.353. The first-order valence-corrected chi connectivity index (χ1v) is 10.3. The highest BCUT2D eigenvalue weighted by molar-refractivity contribution is 8.00. The van der Waals surface area contributed by atoms with Crippen molar-refractivity contribution < 1.29 is 22.7 Å². The molecule has 1 aliphatic rings. The number of ether oxygens (including phenoxy) is 1. The third-order valence-corrected chi connectivity index (χ3v) is 5.85. The number of benzene rings is 1. The molecular weight excluding hydrogens is 415 g/mol. The zero-order valence-electron chi connectivity index (χ0n) is 14.7. The van der Waals surface area contributed by atoms with E-state index >= 15 is 0 Å². The monoisotopic (exact) mass is 431 g/mol. The van der Waals surface area contributed by atoms with Crippen LogP contribution in [0.25, 0.3) is 0 Å². The molecule has 0 saturated carbocycles. The molecule has 0 aliphatic carbocycles. The van der Waals surface area contributed by atoms with Crippen molar-refractivity contribution in [1.29, 1.82) is 0 Å². The summed E-state index contributed by atoms with van der Waals surface area (Å²) in [4.78, 5) is 29.8. The van der Waals surface area contributed by atoms with Crippen LogP contribution >= 0.6 is 23.5 Å². The van der Waals surface area contributed by atoms with E-state index in [2.05, 4.69) is 15.0 Å². The maximum Gasteiger partial charge on any atom is 0.573 e. The summed E-state index contributed by atoms with van der Waals surface area (Å²) in [6, 6.07) is 4.86. The molecule has 2 heterocycles. The highest BCUT2D eigenvalue weighted by atomic mass is 32.2. The van der Waals surface area contributed by atoms with Gasteiger partial charge in [0.1, 0.15) is 5.75 Å². The molecule has 1 aliphatic heterocycles. The van der Waals surface area contributed by atoms with Crippen LogP contribution in [0.5, 0.6) is 5.75 Å². The number of rotatable bonds is 6. The number of alkyl halides is 3. The van der Waals surface area contributed by atoms with E-state index in [0.717, 1.165) is 41.8 Å². The largest absolute Gasteiger partial charge is 0.573 e. The molecule has 0 atom stereocenters. The summed E-state index contributed by atoms with van der Waals surface area (Å²) in [5.41, 5.74) is 1.02.